The lowest BCUT2D eigenvalue weighted by Crippen LogP contribution is -2.46. The number of aromatic hydroxyl groups is 1. The van der Waals surface area contributed by atoms with Gasteiger partial charge < -0.3 is 19.5 Å². The predicted octanol–water partition coefficient (Wildman–Crippen LogP) is 1.85. The Balaban J connectivity index is 1.83. The van der Waals surface area contributed by atoms with Gasteiger partial charge in [0.15, 0.2) is 0 Å². The van der Waals surface area contributed by atoms with Crippen LogP contribution in [0.3, 0.4) is 0 Å². The molecule has 1 atom stereocenters. The highest BCUT2D eigenvalue weighted by Crippen LogP contribution is 2.41. The minimum absolute atomic E-state index is 0.129. The van der Waals surface area contributed by atoms with Crippen molar-refractivity contribution in [3.05, 3.63) is 35.0 Å². The molecule has 0 radical (unpaired) electrons. The van der Waals surface area contributed by atoms with E-state index in [-0.39, 0.29) is 11.9 Å². The molecular weight excluding hydrogens is 366 g/mol. The fraction of sp³-hybridized carbons (Fsp3) is 0.444. The predicted molar refractivity (Wildman–Crippen MR) is 103 cm³/mol. The molecule has 0 saturated carbocycles. The SMILES string of the molecule is COc1cc(OC)cc([C@@H](c2sc3ncnn3c2O)N2CCN(C)CC2)c1. The Labute approximate surface area is 161 Å². The van der Waals surface area contributed by atoms with Crippen LogP contribution in [-0.2, 0) is 0 Å². The highest BCUT2D eigenvalue weighted by molar-refractivity contribution is 7.17. The van der Waals surface area contributed by atoms with Gasteiger partial charge in [-0.3, -0.25) is 4.90 Å². The van der Waals surface area contributed by atoms with Gasteiger partial charge >= 0.3 is 0 Å². The summed E-state index contributed by atoms with van der Waals surface area (Å²) < 4.78 is 12.4. The lowest BCUT2D eigenvalue weighted by Gasteiger charge is -2.37. The lowest BCUT2D eigenvalue weighted by atomic mass is 10.0. The zero-order chi connectivity index (χ0) is 19.0. The van der Waals surface area contributed by atoms with Gasteiger partial charge in [0.05, 0.1) is 25.1 Å². The Hall–Kier alpha value is -2.36. The molecule has 3 heterocycles. The van der Waals surface area contributed by atoms with Gasteiger partial charge in [-0.2, -0.15) is 9.61 Å². The first-order valence-electron chi connectivity index (χ1n) is 8.77. The normalized spacial score (nSPS) is 17.3. The number of fused-ring (bicyclic) bond motifs is 1. The average molecular weight is 389 g/mol. The van der Waals surface area contributed by atoms with Crippen molar-refractivity contribution in [3.63, 3.8) is 0 Å². The Morgan fingerprint density at radius 1 is 1.07 bits per heavy atom. The molecule has 4 rings (SSSR count). The van der Waals surface area contributed by atoms with E-state index in [1.165, 1.54) is 22.2 Å². The van der Waals surface area contributed by atoms with E-state index in [2.05, 4.69) is 26.9 Å². The van der Waals surface area contributed by atoms with Crippen LogP contribution in [0.2, 0.25) is 0 Å². The molecule has 0 spiro atoms. The van der Waals surface area contributed by atoms with E-state index < -0.39 is 0 Å². The van der Waals surface area contributed by atoms with E-state index in [1.807, 2.05) is 18.2 Å². The maximum Gasteiger partial charge on any atom is 0.230 e. The molecule has 1 fully saturated rings. The molecule has 0 unspecified atom stereocenters. The maximum absolute atomic E-state index is 10.8. The summed E-state index contributed by atoms with van der Waals surface area (Å²) in [5.41, 5.74) is 1.01. The minimum atomic E-state index is -0.129. The van der Waals surface area contributed by atoms with Gasteiger partial charge in [0.2, 0.25) is 10.8 Å². The van der Waals surface area contributed by atoms with E-state index >= 15 is 0 Å². The van der Waals surface area contributed by atoms with Crippen LogP contribution in [0, 0.1) is 0 Å². The van der Waals surface area contributed by atoms with Gasteiger partial charge in [0.1, 0.15) is 17.8 Å². The molecule has 1 aliphatic heterocycles. The summed E-state index contributed by atoms with van der Waals surface area (Å²) in [7, 11) is 5.41. The molecule has 144 valence electrons. The van der Waals surface area contributed by atoms with E-state index in [1.54, 1.807) is 14.2 Å². The van der Waals surface area contributed by atoms with Crippen LogP contribution < -0.4 is 9.47 Å². The zero-order valence-corrected chi connectivity index (χ0v) is 16.4. The number of likely N-dealkylation sites (N-methyl/N-ethyl adjacent to an activating group) is 1. The van der Waals surface area contributed by atoms with Crippen molar-refractivity contribution >= 4 is 16.3 Å². The van der Waals surface area contributed by atoms with Gasteiger partial charge in [-0.15, -0.1) is 0 Å². The second-order valence-electron chi connectivity index (χ2n) is 6.63. The maximum atomic E-state index is 10.8. The third-order valence-corrected chi connectivity index (χ3v) is 6.07. The Morgan fingerprint density at radius 3 is 2.33 bits per heavy atom. The van der Waals surface area contributed by atoms with E-state index in [0.29, 0.717) is 4.96 Å². The van der Waals surface area contributed by atoms with Crippen LogP contribution in [0.4, 0.5) is 0 Å². The molecule has 1 saturated heterocycles. The van der Waals surface area contributed by atoms with Crippen LogP contribution in [-0.4, -0.2) is 77.0 Å². The Morgan fingerprint density at radius 2 is 1.74 bits per heavy atom. The molecule has 0 aliphatic carbocycles. The van der Waals surface area contributed by atoms with Gasteiger partial charge in [-0.05, 0) is 24.7 Å². The number of methoxy groups -OCH3 is 2. The number of aromatic nitrogens is 3. The van der Waals surface area contributed by atoms with Crippen molar-refractivity contribution in [1.82, 2.24) is 24.4 Å². The van der Waals surface area contributed by atoms with Crippen molar-refractivity contribution in [1.29, 1.82) is 0 Å². The quantitative estimate of drug-likeness (QED) is 0.714. The molecule has 1 aliphatic rings. The fourth-order valence-corrected chi connectivity index (χ4v) is 4.56. The summed E-state index contributed by atoms with van der Waals surface area (Å²) >= 11 is 1.46. The Bertz CT molecular complexity index is 910. The molecule has 0 amide bonds. The van der Waals surface area contributed by atoms with Gasteiger partial charge in [-0.25, -0.2) is 4.98 Å². The number of ether oxygens (including phenoxy) is 2. The molecule has 0 bridgehead atoms. The van der Waals surface area contributed by atoms with Crippen molar-refractivity contribution in [2.75, 3.05) is 47.4 Å². The number of hydrogen-bond acceptors (Lipinski definition) is 8. The first-order chi connectivity index (χ1) is 13.1. The van der Waals surface area contributed by atoms with Gasteiger partial charge in [0.25, 0.3) is 0 Å². The highest BCUT2D eigenvalue weighted by atomic mass is 32.1. The minimum Gasteiger partial charge on any atom is -0.497 e. The summed E-state index contributed by atoms with van der Waals surface area (Å²) in [6.45, 7) is 3.74. The molecule has 9 heteroatoms. The largest absolute Gasteiger partial charge is 0.497 e. The monoisotopic (exact) mass is 389 g/mol. The zero-order valence-electron chi connectivity index (χ0n) is 15.6. The molecule has 1 N–H and O–H groups in total. The second kappa shape index (κ2) is 7.34. The molecule has 1 aromatic carbocycles. The topological polar surface area (TPSA) is 75.4 Å². The van der Waals surface area contributed by atoms with Gasteiger partial charge in [0, 0.05) is 32.2 Å². The summed E-state index contributed by atoms with van der Waals surface area (Å²) in [5, 5.41) is 14.9. The van der Waals surface area contributed by atoms with Gasteiger partial charge in [-0.1, -0.05) is 11.3 Å². The molecule has 3 aromatic rings. The summed E-state index contributed by atoms with van der Waals surface area (Å²) in [4.78, 5) is 10.4. The van der Waals surface area contributed by atoms with Crippen LogP contribution in [0.15, 0.2) is 24.5 Å². The lowest BCUT2D eigenvalue weighted by molar-refractivity contribution is 0.127. The standard InChI is InChI=1S/C18H23N5O3S/c1-21-4-6-22(7-5-21)15(12-8-13(25-2)10-14(9-12)26-3)16-17(24)23-18(27-16)19-11-20-23/h8-11,15,24H,4-7H2,1-3H3/t15-/m0/s1. The number of nitrogens with zero attached hydrogens (tertiary/aromatic N) is 5. The van der Waals surface area contributed by atoms with Crippen molar-refractivity contribution < 1.29 is 14.6 Å². The number of benzene rings is 1. The van der Waals surface area contributed by atoms with E-state index in [9.17, 15) is 5.11 Å². The van der Waals surface area contributed by atoms with Crippen LogP contribution in [0.5, 0.6) is 17.4 Å². The highest BCUT2D eigenvalue weighted by Gasteiger charge is 2.31. The first kappa shape index (κ1) is 18.0. The average Bonchev–Trinajstić information content (AvgIpc) is 3.27. The second-order valence-corrected chi connectivity index (χ2v) is 7.64. The van der Waals surface area contributed by atoms with Crippen molar-refractivity contribution in [2.45, 2.75) is 6.04 Å². The molecule has 8 nitrogen and oxygen atoms in total. The number of hydrogen-bond donors (Lipinski definition) is 1. The smallest absolute Gasteiger partial charge is 0.230 e. The van der Waals surface area contributed by atoms with Crippen LogP contribution in [0.1, 0.15) is 16.5 Å². The van der Waals surface area contributed by atoms with E-state index in [4.69, 9.17) is 9.47 Å². The first-order valence-corrected chi connectivity index (χ1v) is 9.59. The molecule has 27 heavy (non-hydrogen) atoms. The fourth-order valence-electron chi connectivity index (χ4n) is 3.47. The Kier molecular flexibility index (Phi) is 4.90. The summed E-state index contributed by atoms with van der Waals surface area (Å²) in [6.07, 6.45) is 1.45. The molecule has 2 aromatic heterocycles. The third kappa shape index (κ3) is 3.33. The third-order valence-electron chi connectivity index (χ3n) is 4.98. The van der Waals surface area contributed by atoms with Crippen molar-refractivity contribution in [3.8, 4) is 17.4 Å². The molecular formula is C18H23N5O3S. The van der Waals surface area contributed by atoms with E-state index in [0.717, 1.165) is 48.1 Å². The summed E-state index contributed by atoms with van der Waals surface area (Å²) in [6, 6.07) is 5.73. The van der Waals surface area contributed by atoms with Crippen molar-refractivity contribution in [2.24, 2.45) is 0 Å². The van der Waals surface area contributed by atoms with Crippen LogP contribution in [0.25, 0.3) is 4.96 Å². The number of rotatable bonds is 5. The number of thiazole rings is 1. The number of piperazine rings is 1. The summed E-state index contributed by atoms with van der Waals surface area (Å²) in [5.74, 6) is 1.59. The van der Waals surface area contributed by atoms with Crippen LogP contribution >= 0.6 is 11.3 Å².